The second-order valence-electron chi connectivity index (χ2n) is 5.43. The number of hydrogen-bond acceptors (Lipinski definition) is 3. The molecule has 0 amide bonds. The Bertz CT molecular complexity index is 564. The Kier molecular flexibility index (Phi) is 7.19. The summed E-state index contributed by atoms with van der Waals surface area (Å²) < 4.78 is 13.9. The van der Waals surface area contributed by atoms with Gasteiger partial charge in [0.1, 0.15) is 5.82 Å². The quantitative estimate of drug-likeness (QED) is 0.624. The van der Waals surface area contributed by atoms with Crippen molar-refractivity contribution in [1.29, 1.82) is 5.26 Å². The predicted molar refractivity (Wildman–Crippen MR) is 91.5 cm³/mol. The van der Waals surface area contributed by atoms with E-state index in [1.807, 2.05) is 13.0 Å². The zero-order chi connectivity index (χ0) is 16.6. The van der Waals surface area contributed by atoms with Gasteiger partial charge >= 0.3 is 0 Å². The van der Waals surface area contributed by atoms with Crippen molar-refractivity contribution in [3.05, 3.63) is 35.1 Å². The van der Waals surface area contributed by atoms with Gasteiger partial charge in [0.25, 0.3) is 0 Å². The van der Waals surface area contributed by atoms with Gasteiger partial charge in [0.2, 0.25) is 0 Å². The maximum absolute atomic E-state index is 13.8. The van der Waals surface area contributed by atoms with Crippen LogP contribution >= 0.6 is 11.8 Å². The molecule has 4 nitrogen and oxygen atoms in total. The topological polar surface area (TPSA) is 60.2 Å². The number of nitrogens with zero attached hydrogens (tertiary/aromatic N) is 2. The summed E-state index contributed by atoms with van der Waals surface area (Å²) in [4.78, 5) is 4.40. The third-order valence-corrected chi connectivity index (χ3v) is 4.42. The van der Waals surface area contributed by atoms with Crippen LogP contribution in [0.1, 0.15) is 31.9 Å². The lowest BCUT2D eigenvalue weighted by atomic mass is 10.1. The minimum Gasteiger partial charge on any atom is -0.357 e. The second kappa shape index (κ2) is 8.64. The number of benzene rings is 1. The van der Waals surface area contributed by atoms with Crippen LogP contribution in [-0.2, 0) is 6.54 Å². The minimum atomic E-state index is -0.400. The van der Waals surface area contributed by atoms with E-state index in [0.29, 0.717) is 17.1 Å². The Morgan fingerprint density at radius 1 is 1.41 bits per heavy atom. The lowest BCUT2D eigenvalue weighted by molar-refractivity contribution is 0.609. The number of guanidine groups is 1. The minimum absolute atomic E-state index is 0.0931. The van der Waals surface area contributed by atoms with E-state index in [2.05, 4.69) is 35.7 Å². The van der Waals surface area contributed by atoms with E-state index in [9.17, 15) is 4.39 Å². The van der Waals surface area contributed by atoms with Crippen LogP contribution in [0.5, 0.6) is 0 Å². The van der Waals surface area contributed by atoms with Crippen LogP contribution in [0, 0.1) is 17.1 Å². The smallest absolute Gasteiger partial charge is 0.191 e. The van der Waals surface area contributed by atoms with Crippen molar-refractivity contribution >= 4 is 17.7 Å². The Morgan fingerprint density at radius 3 is 2.68 bits per heavy atom. The van der Waals surface area contributed by atoms with E-state index < -0.39 is 5.82 Å². The Balaban J connectivity index is 2.76. The first-order valence-electron chi connectivity index (χ1n) is 7.17. The summed E-state index contributed by atoms with van der Waals surface area (Å²) in [6.07, 6.45) is 2.07. The normalized spacial score (nSPS) is 11.9. The van der Waals surface area contributed by atoms with Crippen molar-refractivity contribution in [3.63, 3.8) is 0 Å². The van der Waals surface area contributed by atoms with Crippen LogP contribution in [0.25, 0.3) is 0 Å². The molecule has 0 atom stereocenters. The highest BCUT2D eigenvalue weighted by Gasteiger charge is 2.16. The van der Waals surface area contributed by atoms with E-state index in [4.69, 9.17) is 5.26 Å². The number of nitrogens with one attached hydrogen (secondary N) is 2. The van der Waals surface area contributed by atoms with Crippen LogP contribution in [0.3, 0.4) is 0 Å². The van der Waals surface area contributed by atoms with Gasteiger partial charge in [0.15, 0.2) is 5.96 Å². The maximum atomic E-state index is 13.8. The summed E-state index contributed by atoms with van der Waals surface area (Å²) in [6.45, 7) is 8.01. The van der Waals surface area contributed by atoms with Gasteiger partial charge in [-0.05, 0) is 39.2 Å². The SMILES string of the molecule is CCNC(=NCc1ccc(C#N)cc1F)NCC(C)(C)SC. The van der Waals surface area contributed by atoms with Crippen LogP contribution in [0.4, 0.5) is 4.39 Å². The van der Waals surface area contributed by atoms with Crippen LogP contribution in [0.2, 0.25) is 0 Å². The van der Waals surface area contributed by atoms with E-state index >= 15 is 0 Å². The van der Waals surface area contributed by atoms with Crippen molar-refractivity contribution in [1.82, 2.24) is 10.6 Å². The number of halogens is 1. The molecule has 120 valence electrons. The first-order chi connectivity index (χ1) is 10.4. The number of rotatable bonds is 6. The van der Waals surface area contributed by atoms with Gasteiger partial charge in [0, 0.05) is 23.4 Å². The number of thioether (sulfide) groups is 1. The van der Waals surface area contributed by atoms with E-state index in [1.165, 1.54) is 6.07 Å². The summed E-state index contributed by atoms with van der Waals surface area (Å²) in [7, 11) is 0. The Hall–Kier alpha value is -1.74. The van der Waals surface area contributed by atoms with Crippen LogP contribution in [-0.4, -0.2) is 30.1 Å². The highest BCUT2D eigenvalue weighted by Crippen LogP contribution is 2.19. The molecule has 6 heteroatoms. The molecule has 0 aliphatic heterocycles. The van der Waals surface area contributed by atoms with Crippen LogP contribution in [0.15, 0.2) is 23.2 Å². The highest BCUT2D eigenvalue weighted by molar-refractivity contribution is 7.99. The molecular weight excluding hydrogens is 299 g/mol. The van der Waals surface area contributed by atoms with E-state index in [1.54, 1.807) is 23.9 Å². The largest absolute Gasteiger partial charge is 0.357 e. The molecule has 1 aromatic carbocycles. The molecule has 0 spiro atoms. The molecule has 0 saturated heterocycles. The Morgan fingerprint density at radius 2 is 2.14 bits per heavy atom. The molecule has 0 heterocycles. The third-order valence-electron chi connectivity index (χ3n) is 3.17. The lowest BCUT2D eigenvalue weighted by Gasteiger charge is -2.23. The van der Waals surface area contributed by atoms with Crippen molar-refractivity contribution in [3.8, 4) is 6.07 Å². The van der Waals surface area contributed by atoms with E-state index in [0.717, 1.165) is 13.1 Å². The molecular formula is C16H23FN4S. The monoisotopic (exact) mass is 322 g/mol. The van der Waals surface area contributed by atoms with Crippen molar-refractivity contribution in [2.24, 2.45) is 4.99 Å². The van der Waals surface area contributed by atoms with Crippen molar-refractivity contribution < 1.29 is 4.39 Å². The molecule has 0 aliphatic rings. The zero-order valence-corrected chi connectivity index (χ0v) is 14.4. The Labute approximate surface area is 136 Å². The molecule has 0 radical (unpaired) electrons. The summed E-state index contributed by atoms with van der Waals surface area (Å²) in [5.74, 6) is 0.261. The molecule has 0 aromatic heterocycles. The molecule has 1 rings (SSSR count). The van der Waals surface area contributed by atoms with Gasteiger partial charge in [-0.2, -0.15) is 17.0 Å². The average Bonchev–Trinajstić information content (AvgIpc) is 2.51. The highest BCUT2D eigenvalue weighted by atomic mass is 32.2. The van der Waals surface area contributed by atoms with Gasteiger partial charge in [-0.25, -0.2) is 9.38 Å². The summed E-state index contributed by atoms with van der Waals surface area (Å²) in [6, 6.07) is 6.37. The maximum Gasteiger partial charge on any atom is 0.191 e. The number of hydrogen-bond donors (Lipinski definition) is 2. The first-order valence-corrected chi connectivity index (χ1v) is 8.40. The van der Waals surface area contributed by atoms with Gasteiger partial charge in [-0.1, -0.05) is 6.07 Å². The molecule has 0 aliphatic carbocycles. The molecule has 0 fully saturated rings. The molecule has 0 saturated carbocycles. The molecule has 22 heavy (non-hydrogen) atoms. The third kappa shape index (κ3) is 5.94. The van der Waals surface area contributed by atoms with Gasteiger partial charge < -0.3 is 10.6 Å². The van der Waals surface area contributed by atoms with Crippen molar-refractivity contribution in [2.45, 2.75) is 32.1 Å². The fourth-order valence-electron chi connectivity index (χ4n) is 1.62. The standard InChI is InChI=1S/C16H23FN4S/c1-5-19-15(21-11-16(2,3)22-4)20-10-13-7-6-12(9-18)8-14(13)17/h6-8H,5,10-11H2,1-4H3,(H2,19,20,21). The fourth-order valence-corrected chi connectivity index (χ4v) is 1.84. The summed E-state index contributed by atoms with van der Waals surface area (Å²) in [5.41, 5.74) is 0.789. The zero-order valence-electron chi connectivity index (χ0n) is 13.5. The van der Waals surface area contributed by atoms with Gasteiger partial charge in [-0.3, -0.25) is 0 Å². The number of nitriles is 1. The lowest BCUT2D eigenvalue weighted by Crippen LogP contribution is -2.43. The van der Waals surface area contributed by atoms with E-state index in [-0.39, 0.29) is 11.3 Å². The molecule has 1 aromatic rings. The van der Waals surface area contributed by atoms with Crippen molar-refractivity contribution in [2.75, 3.05) is 19.3 Å². The molecule has 2 N–H and O–H groups in total. The predicted octanol–water partition coefficient (Wildman–Crippen LogP) is 2.89. The second-order valence-corrected chi connectivity index (χ2v) is 6.94. The molecule has 0 bridgehead atoms. The molecule has 0 unspecified atom stereocenters. The van der Waals surface area contributed by atoms with Crippen LogP contribution < -0.4 is 10.6 Å². The van der Waals surface area contributed by atoms with Gasteiger partial charge in [-0.15, -0.1) is 0 Å². The summed E-state index contributed by atoms with van der Waals surface area (Å²) in [5, 5.41) is 15.2. The summed E-state index contributed by atoms with van der Waals surface area (Å²) >= 11 is 1.77. The fraction of sp³-hybridized carbons (Fsp3) is 0.500. The van der Waals surface area contributed by atoms with Gasteiger partial charge in [0.05, 0.1) is 18.2 Å². The number of aliphatic imine (C=N–C) groups is 1. The first kappa shape index (κ1) is 18.3. The average molecular weight is 322 g/mol.